The minimum absolute atomic E-state index is 0.155. The average molecular weight is 409 g/mol. The SMILES string of the molecule is O=C(C[C@H]1CCCCCN1C(=O)Cn1c(=O)[nH]c2ccccc2c1=O)c1ccco1. The molecule has 1 saturated heterocycles. The van der Waals surface area contributed by atoms with Gasteiger partial charge in [0.05, 0.1) is 17.2 Å². The Morgan fingerprint density at radius 2 is 1.90 bits per heavy atom. The fraction of sp³-hybridized carbons (Fsp3) is 0.364. The fourth-order valence-corrected chi connectivity index (χ4v) is 4.04. The monoisotopic (exact) mass is 409 g/mol. The summed E-state index contributed by atoms with van der Waals surface area (Å²) in [4.78, 5) is 55.1. The second kappa shape index (κ2) is 8.52. The van der Waals surface area contributed by atoms with Crippen molar-refractivity contribution in [3.8, 4) is 0 Å². The molecule has 0 saturated carbocycles. The molecule has 3 heterocycles. The van der Waals surface area contributed by atoms with Crippen LogP contribution in [0.15, 0.2) is 56.7 Å². The number of carbonyl (C=O) groups is 2. The molecule has 0 unspecified atom stereocenters. The highest BCUT2D eigenvalue weighted by atomic mass is 16.3. The normalized spacial score (nSPS) is 17.1. The van der Waals surface area contributed by atoms with Gasteiger partial charge in [0.15, 0.2) is 11.5 Å². The third-order valence-electron chi connectivity index (χ3n) is 5.60. The van der Waals surface area contributed by atoms with E-state index in [0.717, 1.165) is 23.8 Å². The van der Waals surface area contributed by atoms with Crippen LogP contribution in [0.1, 0.15) is 42.7 Å². The Hall–Kier alpha value is -3.42. The van der Waals surface area contributed by atoms with Gasteiger partial charge in [-0.2, -0.15) is 0 Å². The van der Waals surface area contributed by atoms with Crippen molar-refractivity contribution in [3.63, 3.8) is 0 Å². The topological polar surface area (TPSA) is 105 Å². The molecule has 8 nitrogen and oxygen atoms in total. The van der Waals surface area contributed by atoms with Crippen LogP contribution in [0.3, 0.4) is 0 Å². The molecule has 4 rings (SSSR count). The molecule has 1 amide bonds. The number of hydrogen-bond donors (Lipinski definition) is 1. The predicted octanol–water partition coefficient (Wildman–Crippen LogP) is 2.33. The summed E-state index contributed by atoms with van der Waals surface area (Å²) in [5.41, 5.74) is -0.682. The van der Waals surface area contributed by atoms with Crippen LogP contribution in [0.4, 0.5) is 0 Å². The number of hydrogen-bond acceptors (Lipinski definition) is 5. The van der Waals surface area contributed by atoms with Gasteiger partial charge in [0.25, 0.3) is 5.56 Å². The number of fused-ring (bicyclic) bond motifs is 1. The van der Waals surface area contributed by atoms with Crippen LogP contribution >= 0.6 is 0 Å². The van der Waals surface area contributed by atoms with Crippen molar-refractivity contribution in [1.82, 2.24) is 14.5 Å². The molecule has 1 aliphatic heterocycles. The van der Waals surface area contributed by atoms with Crippen LogP contribution in [-0.2, 0) is 11.3 Å². The molecule has 1 atom stereocenters. The molecule has 1 N–H and O–H groups in total. The van der Waals surface area contributed by atoms with Gasteiger partial charge in [-0.1, -0.05) is 25.0 Å². The number of nitrogens with zero attached hydrogens (tertiary/aromatic N) is 2. The maximum atomic E-state index is 13.1. The van der Waals surface area contributed by atoms with Gasteiger partial charge in [0.2, 0.25) is 5.91 Å². The van der Waals surface area contributed by atoms with E-state index in [4.69, 9.17) is 4.42 Å². The van der Waals surface area contributed by atoms with Crippen molar-refractivity contribution >= 4 is 22.6 Å². The number of H-pyrrole nitrogens is 1. The number of para-hydroxylation sites is 1. The molecule has 3 aromatic rings. The van der Waals surface area contributed by atoms with Crippen LogP contribution in [0.5, 0.6) is 0 Å². The lowest BCUT2D eigenvalue weighted by Crippen LogP contribution is -2.46. The number of likely N-dealkylation sites (tertiary alicyclic amines) is 1. The van der Waals surface area contributed by atoms with Gasteiger partial charge in [0, 0.05) is 19.0 Å². The number of amides is 1. The van der Waals surface area contributed by atoms with Crippen LogP contribution in [0, 0.1) is 0 Å². The summed E-state index contributed by atoms with van der Waals surface area (Å²) in [6, 6.07) is 9.68. The number of aromatic nitrogens is 2. The van der Waals surface area contributed by atoms with E-state index in [0.29, 0.717) is 23.9 Å². The van der Waals surface area contributed by atoms with Gasteiger partial charge in [-0.05, 0) is 37.1 Å². The second-order valence-electron chi connectivity index (χ2n) is 7.56. The first kappa shape index (κ1) is 19.9. The van der Waals surface area contributed by atoms with Gasteiger partial charge in [-0.15, -0.1) is 0 Å². The van der Waals surface area contributed by atoms with Crippen molar-refractivity contribution < 1.29 is 14.0 Å². The number of aromatic amines is 1. The first-order valence-electron chi connectivity index (χ1n) is 10.1. The van der Waals surface area contributed by atoms with E-state index in [-0.39, 0.29) is 36.5 Å². The van der Waals surface area contributed by atoms with Gasteiger partial charge in [0.1, 0.15) is 6.54 Å². The fourth-order valence-electron chi connectivity index (χ4n) is 4.04. The Morgan fingerprint density at radius 3 is 2.70 bits per heavy atom. The van der Waals surface area contributed by atoms with Crippen molar-refractivity contribution in [2.24, 2.45) is 0 Å². The zero-order valence-electron chi connectivity index (χ0n) is 16.5. The molecule has 1 aliphatic rings. The van der Waals surface area contributed by atoms with Gasteiger partial charge >= 0.3 is 5.69 Å². The summed E-state index contributed by atoms with van der Waals surface area (Å²) in [6.07, 6.45) is 4.99. The largest absolute Gasteiger partial charge is 0.461 e. The summed E-state index contributed by atoms with van der Waals surface area (Å²) < 4.78 is 6.12. The first-order chi connectivity index (χ1) is 14.5. The summed E-state index contributed by atoms with van der Waals surface area (Å²) in [5, 5.41) is 0.352. The molecule has 30 heavy (non-hydrogen) atoms. The first-order valence-corrected chi connectivity index (χ1v) is 10.1. The standard InChI is InChI=1S/C22H23N3O5/c26-18(19-10-6-12-30-19)13-15-7-2-1-5-11-24(15)20(27)14-25-21(28)16-8-3-4-9-17(16)23-22(25)29/h3-4,6,8-10,12,15H,1-2,5,7,11,13-14H2,(H,23,29)/t15-/m1/s1. The smallest absolute Gasteiger partial charge is 0.329 e. The van der Waals surface area contributed by atoms with E-state index < -0.39 is 11.2 Å². The highest BCUT2D eigenvalue weighted by molar-refractivity contribution is 5.94. The minimum atomic E-state index is -0.620. The molecule has 0 radical (unpaired) electrons. The van der Waals surface area contributed by atoms with Crippen LogP contribution < -0.4 is 11.2 Å². The van der Waals surface area contributed by atoms with Gasteiger partial charge < -0.3 is 14.3 Å². The molecular weight excluding hydrogens is 386 g/mol. The number of rotatable bonds is 5. The highest BCUT2D eigenvalue weighted by Gasteiger charge is 2.29. The van der Waals surface area contributed by atoms with E-state index in [9.17, 15) is 19.2 Å². The molecule has 1 fully saturated rings. The maximum absolute atomic E-state index is 13.1. The van der Waals surface area contributed by atoms with E-state index in [1.165, 1.54) is 6.26 Å². The quantitative estimate of drug-likeness (QED) is 0.651. The van der Waals surface area contributed by atoms with E-state index in [1.807, 2.05) is 0 Å². The Balaban J connectivity index is 1.59. The molecule has 0 spiro atoms. The van der Waals surface area contributed by atoms with Gasteiger partial charge in [-0.3, -0.25) is 19.0 Å². The summed E-state index contributed by atoms with van der Waals surface area (Å²) in [5.74, 6) is -0.226. The lowest BCUT2D eigenvalue weighted by atomic mass is 10.0. The van der Waals surface area contributed by atoms with Crippen molar-refractivity contribution in [2.45, 2.75) is 44.7 Å². The maximum Gasteiger partial charge on any atom is 0.329 e. The Labute approximate surface area is 172 Å². The number of carbonyl (C=O) groups excluding carboxylic acids is 2. The van der Waals surface area contributed by atoms with Crippen molar-refractivity contribution in [1.29, 1.82) is 0 Å². The molecular formula is C22H23N3O5. The third-order valence-corrected chi connectivity index (χ3v) is 5.60. The highest BCUT2D eigenvalue weighted by Crippen LogP contribution is 2.22. The van der Waals surface area contributed by atoms with Crippen LogP contribution in [0.25, 0.3) is 10.9 Å². The number of benzene rings is 1. The molecule has 2 aromatic heterocycles. The Bertz CT molecular complexity index is 1180. The Morgan fingerprint density at radius 1 is 1.07 bits per heavy atom. The average Bonchev–Trinajstić information content (AvgIpc) is 3.18. The van der Waals surface area contributed by atoms with Crippen LogP contribution in [0.2, 0.25) is 0 Å². The van der Waals surface area contributed by atoms with Crippen LogP contribution in [-0.4, -0.2) is 38.7 Å². The molecule has 1 aromatic carbocycles. The van der Waals surface area contributed by atoms with E-state index in [2.05, 4.69) is 4.98 Å². The zero-order valence-corrected chi connectivity index (χ0v) is 16.5. The summed E-state index contributed by atoms with van der Waals surface area (Å²) >= 11 is 0. The number of nitrogens with one attached hydrogen (secondary N) is 1. The third kappa shape index (κ3) is 3.98. The second-order valence-corrected chi connectivity index (χ2v) is 7.56. The molecule has 0 aliphatic carbocycles. The summed E-state index contributed by atoms with van der Waals surface area (Å²) in [7, 11) is 0. The van der Waals surface area contributed by atoms with Crippen molar-refractivity contribution in [3.05, 3.63) is 69.3 Å². The number of Topliss-reactive ketones (excluding diaryl/α,β-unsaturated/α-hetero) is 1. The lowest BCUT2D eigenvalue weighted by Gasteiger charge is -2.29. The lowest BCUT2D eigenvalue weighted by molar-refractivity contribution is -0.134. The number of furan rings is 1. The van der Waals surface area contributed by atoms with Crippen molar-refractivity contribution in [2.75, 3.05) is 6.54 Å². The summed E-state index contributed by atoms with van der Waals surface area (Å²) in [6.45, 7) is 0.139. The molecule has 156 valence electrons. The van der Waals surface area contributed by atoms with Gasteiger partial charge in [-0.25, -0.2) is 4.79 Å². The zero-order chi connectivity index (χ0) is 21.1. The Kier molecular flexibility index (Phi) is 5.65. The van der Waals surface area contributed by atoms with E-state index >= 15 is 0 Å². The molecule has 8 heteroatoms. The number of ketones is 1. The predicted molar refractivity (Wildman–Crippen MR) is 110 cm³/mol. The minimum Gasteiger partial charge on any atom is -0.461 e. The molecule has 0 bridgehead atoms. The van der Waals surface area contributed by atoms with E-state index in [1.54, 1.807) is 41.3 Å².